The van der Waals surface area contributed by atoms with Crippen molar-refractivity contribution >= 4 is 5.91 Å². The van der Waals surface area contributed by atoms with Crippen LogP contribution in [0.25, 0.3) is 5.69 Å². The summed E-state index contributed by atoms with van der Waals surface area (Å²) in [5.74, 6) is -0.123. The zero-order chi connectivity index (χ0) is 13.9. The highest BCUT2D eigenvalue weighted by atomic mass is 16.1. The Morgan fingerprint density at radius 2 is 2.05 bits per heavy atom. The van der Waals surface area contributed by atoms with Crippen molar-refractivity contribution in [2.45, 2.75) is 19.4 Å². The first-order valence-electron chi connectivity index (χ1n) is 6.14. The largest absolute Gasteiger partial charge is 0.346 e. The molecule has 0 spiro atoms. The van der Waals surface area contributed by atoms with Crippen LogP contribution in [0.2, 0.25) is 0 Å². The number of carbonyl (C=O) groups is 1. The maximum absolute atomic E-state index is 12.0. The average molecular weight is 258 g/mol. The Morgan fingerprint density at radius 3 is 2.58 bits per heavy atom. The first-order valence-corrected chi connectivity index (χ1v) is 6.14. The van der Waals surface area contributed by atoms with Crippen molar-refractivity contribution < 1.29 is 4.79 Å². The number of benzene rings is 1. The molecular weight excluding hydrogens is 240 g/mol. The van der Waals surface area contributed by atoms with Gasteiger partial charge < -0.3 is 11.1 Å². The van der Waals surface area contributed by atoms with Crippen molar-refractivity contribution in [1.82, 2.24) is 15.1 Å². The van der Waals surface area contributed by atoms with Crippen molar-refractivity contribution in [2.24, 2.45) is 5.73 Å². The molecule has 0 aliphatic carbocycles. The third kappa shape index (κ3) is 3.20. The molecular formula is C14H18N4O. The molecule has 0 aliphatic heterocycles. The summed E-state index contributed by atoms with van der Waals surface area (Å²) >= 11 is 0. The molecule has 1 aromatic carbocycles. The summed E-state index contributed by atoms with van der Waals surface area (Å²) in [5, 5.41) is 7.02. The van der Waals surface area contributed by atoms with Gasteiger partial charge in [-0.25, -0.2) is 4.68 Å². The Morgan fingerprint density at radius 1 is 1.37 bits per heavy atom. The van der Waals surface area contributed by atoms with Gasteiger partial charge in [0.15, 0.2) is 0 Å². The van der Waals surface area contributed by atoms with Crippen LogP contribution in [-0.4, -0.2) is 27.8 Å². The molecule has 0 bridgehead atoms. The van der Waals surface area contributed by atoms with Crippen LogP contribution in [0.1, 0.15) is 24.2 Å². The second-order valence-electron chi connectivity index (χ2n) is 5.04. The van der Waals surface area contributed by atoms with E-state index in [-0.39, 0.29) is 5.91 Å². The van der Waals surface area contributed by atoms with Crippen LogP contribution >= 0.6 is 0 Å². The van der Waals surface area contributed by atoms with E-state index in [0.29, 0.717) is 12.1 Å². The van der Waals surface area contributed by atoms with Crippen LogP contribution in [0.3, 0.4) is 0 Å². The minimum Gasteiger partial charge on any atom is -0.346 e. The Labute approximate surface area is 112 Å². The molecule has 2 rings (SSSR count). The van der Waals surface area contributed by atoms with Crippen LogP contribution in [0.4, 0.5) is 0 Å². The lowest BCUT2D eigenvalue weighted by Crippen LogP contribution is -2.48. The minimum atomic E-state index is -0.405. The van der Waals surface area contributed by atoms with Gasteiger partial charge in [-0.1, -0.05) is 0 Å². The summed E-state index contributed by atoms with van der Waals surface area (Å²) in [6.07, 6.45) is 3.57. The molecule has 0 radical (unpaired) electrons. The molecule has 0 fully saturated rings. The highest BCUT2D eigenvalue weighted by Gasteiger charge is 2.19. The molecule has 19 heavy (non-hydrogen) atoms. The maximum Gasteiger partial charge on any atom is 0.251 e. The number of aromatic nitrogens is 2. The molecule has 100 valence electrons. The van der Waals surface area contributed by atoms with Crippen molar-refractivity contribution in [3.63, 3.8) is 0 Å². The van der Waals surface area contributed by atoms with Crippen LogP contribution < -0.4 is 11.1 Å². The molecule has 0 saturated heterocycles. The fourth-order valence-electron chi connectivity index (χ4n) is 1.62. The first-order chi connectivity index (χ1) is 9.02. The SMILES string of the molecule is CC(C)(CN)NC(=O)c1ccc(-n2cccn2)cc1. The zero-order valence-electron chi connectivity index (χ0n) is 11.1. The van der Waals surface area contributed by atoms with Crippen molar-refractivity contribution in [1.29, 1.82) is 0 Å². The van der Waals surface area contributed by atoms with Gasteiger partial charge in [-0.2, -0.15) is 5.10 Å². The van der Waals surface area contributed by atoms with E-state index in [0.717, 1.165) is 5.69 Å². The molecule has 0 unspecified atom stereocenters. The van der Waals surface area contributed by atoms with Gasteiger partial charge in [0.1, 0.15) is 0 Å². The third-order valence-corrected chi connectivity index (χ3v) is 2.86. The second-order valence-corrected chi connectivity index (χ2v) is 5.04. The fraction of sp³-hybridized carbons (Fsp3) is 0.286. The quantitative estimate of drug-likeness (QED) is 0.869. The number of hydrogen-bond donors (Lipinski definition) is 2. The van der Waals surface area contributed by atoms with Crippen LogP contribution in [0.15, 0.2) is 42.7 Å². The summed E-state index contributed by atoms with van der Waals surface area (Å²) in [5.41, 5.74) is 6.71. The van der Waals surface area contributed by atoms with Crippen molar-refractivity contribution in [2.75, 3.05) is 6.54 Å². The van der Waals surface area contributed by atoms with E-state index in [9.17, 15) is 4.79 Å². The zero-order valence-corrected chi connectivity index (χ0v) is 11.1. The van der Waals surface area contributed by atoms with Crippen LogP contribution in [0.5, 0.6) is 0 Å². The Hall–Kier alpha value is -2.14. The van der Waals surface area contributed by atoms with E-state index >= 15 is 0 Å². The number of rotatable bonds is 4. The predicted molar refractivity (Wildman–Crippen MR) is 74.2 cm³/mol. The summed E-state index contributed by atoms with van der Waals surface area (Å²) < 4.78 is 1.74. The van der Waals surface area contributed by atoms with Gasteiger partial charge in [0.05, 0.1) is 5.69 Å². The lowest BCUT2D eigenvalue weighted by atomic mass is 10.1. The molecule has 3 N–H and O–H groups in total. The van der Waals surface area contributed by atoms with Gasteiger partial charge in [0, 0.05) is 30.0 Å². The van der Waals surface area contributed by atoms with E-state index in [1.54, 1.807) is 23.0 Å². The van der Waals surface area contributed by atoms with E-state index in [1.165, 1.54) is 0 Å². The minimum absolute atomic E-state index is 0.123. The second kappa shape index (κ2) is 5.24. The first kappa shape index (κ1) is 13.3. The molecule has 0 aliphatic rings. The topological polar surface area (TPSA) is 72.9 Å². The number of carbonyl (C=O) groups excluding carboxylic acids is 1. The van der Waals surface area contributed by atoms with Gasteiger partial charge in [-0.05, 0) is 44.2 Å². The molecule has 5 nitrogen and oxygen atoms in total. The fourth-order valence-corrected chi connectivity index (χ4v) is 1.62. The third-order valence-electron chi connectivity index (χ3n) is 2.86. The van der Waals surface area contributed by atoms with E-state index < -0.39 is 5.54 Å². The standard InChI is InChI=1S/C14H18N4O/c1-14(2,10-15)17-13(19)11-4-6-12(7-5-11)18-9-3-8-16-18/h3-9H,10,15H2,1-2H3,(H,17,19). The van der Waals surface area contributed by atoms with Crippen molar-refractivity contribution in [3.05, 3.63) is 48.3 Å². The van der Waals surface area contributed by atoms with Crippen LogP contribution in [-0.2, 0) is 0 Å². The van der Waals surface area contributed by atoms with Gasteiger partial charge in [-0.3, -0.25) is 4.79 Å². The van der Waals surface area contributed by atoms with E-state index in [4.69, 9.17) is 5.73 Å². The number of nitrogens with zero attached hydrogens (tertiary/aromatic N) is 2. The molecule has 1 aromatic heterocycles. The average Bonchev–Trinajstić information content (AvgIpc) is 2.92. The molecule has 2 aromatic rings. The number of hydrogen-bond acceptors (Lipinski definition) is 3. The monoisotopic (exact) mass is 258 g/mol. The number of nitrogens with two attached hydrogens (primary N) is 1. The molecule has 1 heterocycles. The predicted octanol–water partition coefficient (Wildman–Crippen LogP) is 1.34. The lowest BCUT2D eigenvalue weighted by Gasteiger charge is -2.24. The summed E-state index contributed by atoms with van der Waals surface area (Å²) in [7, 11) is 0. The highest BCUT2D eigenvalue weighted by molar-refractivity contribution is 5.94. The van der Waals surface area contributed by atoms with Crippen molar-refractivity contribution in [3.8, 4) is 5.69 Å². The van der Waals surface area contributed by atoms with E-state index in [1.807, 2.05) is 38.2 Å². The Bertz CT molecular complexity index is 543. The number of nitrogens with one attached hydrogen (secondary N) is 1. The van der Waals surface area contributed by atoms with Gasteiger partial charge in [0.25, 0.3) is 5.91 Å². The van der Waals surface area contributed by atoms with Crippen LogP contribution in [0, 0.1) is 0 Å². The maximum atomic E-state index is 12.0. The summed E-state index contributed by atoms with van der Waals surface area (Å²) in [4.78, 5) is 12.0. The summed E-state index contributed by atoms with van der Waals surface area (Å²) in [6, 6.07) is 9.12. The normalized spacial score (nSPS) is 11.3. The smallest absolute Gasteiger partial charge is 0.251 e. The molecule has 0 saturated carbocycles. The molecule has 0 atom stereocenters. The van der Waals surface area contributed by atoms with Gasteiger partial charge in [-0.15, -0.1) is 0 Å². The summed E-state index contributed by atoms with van der Waals surface area (Å²) in [6.45, 7) is 4.18. The Kier molecular flexibility index (Phi) is 3.66. The Balaban J connectivity index is 2.13. The molecule has 1 amide bonds. The van der Waals surface area contributed by atoms with Gasteiger partial charge >= 0.3 is 0 Å². The number of amides is 1. The lowest BCUT2D eigenvalue weighted by molar-refractivity contribution is 0.0915. The highest BCUT2D eigenvalue weighted by Crippen LogP contribution is 2.10. The van der Waals surface area contributed by atoms with E-state index in [2.05, 4.69) is 10.4 Å². The van der Waals surface area contributed by atoms with Gasteiger partial charge in [0.2, 0.25) is 0 Å². The molecule has 5 heteroatoms.